The highest BCUT2D eigenvalue weighted by atomic mass is 16.6. The Morgan fingerprint density at radius 2 is 2.20 bits per heavy atom. The molecule has 1 rings (SSSR count). The van der Waals surface area contributed by atoms with Gasteiger partial charge in [-0.1, -0.05) is 0 Å². The molecule has 15 heavy (non-hydrogen) atoms. The summed E-state index contributed by atoms with van der Waals surface area (Å²) in [5, 5.41) is 8.79. The number of carbonyl (C=O) groups excluding carboxylic acids is 2. The highest BCUT2D eigenvalue weighted by molar-refractivity contribution is 5.74. The zero-order valence-electron chi connectivity index (χ0n) is 8.77. The van der Waals surface area contributed by atoms with Crippen molar-refractivity contribution in [1.29, 1.82) is 0 Å². The van der Waals surface area contributed by atoms with Crippen LogP contribution in [0.15, 0.2) is 0 Å². The number of cyclic esters (lactones) is 2. The maximum absolute atomic E-state index is 11.5. The molecule has 0 aromatic carbocycles. The lowest BCUT2D eigenvalue weighted by molar-refractivity contribution is -0.149. The van der Waals surface area contributed by atoms with Crippen LogP contribution < -0.4 is 0 Å². The first kappa shape index (κ1) is 12.0. The minimum absolute atomic E-state index is 0.0618. The number of rotatable bonds is 2. The molecule has 1 aliphatic rings. The Morgan fingerprint density at radius 3 is 2.87 bits per heavy atom. The van der Waals surface area contributed by atoms with Gasteiger partial charge in [0.2, 0.25) is 0 Å². The third kappa shape index (κ3) is 3.87. The number of esters is 2. The predicted molar refractivity (Wildman–Crippen MR) is 50.9 cm³/mol. The Kier molecular flexibility index (Phi) is 4.55. The minimum atomic E-state index is -0.379. The molecule has 2 atom stereocenters. The summed E-state index contributed by atoms with van der Waals surface area (Å²) < 4.78 is 9.94. The van der Waals surface area contributed by atoms with Crippen LogP contribution in [-0.4, -0.2) is 36.4 Å². The van der Waals surface area contributed by atoms with E-state index in [1.54, 1.807) is 6.92 Å². The number of carbonyl (C=O) groups is 2. The molecule has 5 heteroatoms. The lowest BCUT2D eigenvalue weighted by Crippen LogP contribution is -2.23. The zero-order valence-corrected chi connectivity index (χ0v) is 8.77. The van der Waals surface area contributed by atoms with Crippen LogP contribution >= 0.6 is 0 Å². The summed E-state index contributed by atoms with van der Waals surface area (Å²) in [5.74, 6) is -1.08. The van der Waals surface area contributed by atoms with Gasteiger partial charge in [0.15, 0.2) is 0 Å². The molecule has 1 saturated heterocycles. The van der Waals surface area contributed by atoms with Crippen molar-refractivity contribution < 1.29 is 24.2 Å². The molecular formula is C10H16O5. The maximum Gasteiger partial charge on any atom is 0.309 e. The topological polar surface area (TPSA) is 72.8 Å². The normalized spacial score (nSPS) is 28.4. The van der Waals surface area contributed by atoms with Gasteiger partial charge in [-0.3, -0.25) is 9.59 Å². The van der Waals surface area contributed by atoms with E-state index in [9.17, 15) is 9.59 Å². The molecule has 0 bridgehead atoms. The second kappa shape index (κ2) is 5.70. The van der Waals surface area contributed by atoms with Crippen molar-refractivity contribution in [2.45, 2.75) is 32.3 Å². The van der Waals surface area contributed by atoms with Crippen molar-refractivity contribution in [3.05, 3.63) is 0 Å². The van der Waals surface area contributed by atoms with E-state index in [4.69, 9.17) is 14.6 Å². The lowest BCUT2D eigenvalue weighted by Gasteiger charge is -2.16. The monoisotopic (exact) mass is 216 g/mol. The number of ether oxygens (including phenoxy) is 2. The smallest absolute Gasteiger partial charge is 0.309 e. The Labute approximate surface area is 88.4 Å². The summed E-state index contributed by atoms with van der Waals surface area (Å²) in [5.41, 5.74) is 0. The van der Waals surface area contributed by atoms with Gasteiger partial charge in [0.05, 0.1) is 18.4 Å². The van der Waals surface area contributed by atoms with Gasteiger partial charge >= 0.3 is 11.9 Å². The number of aliphatic hydroxyl groups is 1. The van der Waals surface area contributed by atoms with E-state index in [0.29, 0.717) is 12.8 Å². The second-order valence-corrected chi connectivity index (χ2v) is 3.66. The fourth-order valence-electron chi connectivity index (χ4n) is 1.57. The van der Waals surface area contributed by atoms with Gasteiger partial charge in [0, 0.05) is 6.61 Å². The predicted octanol–water partition coefficient (Wildman–Crippen LogP) is 0.254. The molecule has 86 valence electrons. The molecule has 1 fully saturated rings. The van der Waals surface area contributed by atoms with E-state index < -0.39 is 0 Å². The summed E-state index contributed by atoms with van der Waals surface area (Å²) in [6.45, 7) is 1.73. The quantitative estimate of drug-likeness (QED) is 0.670. The Morgan fingerprint density at radius 1 is 1.47 bits per heavy atom. The first-order chi connectivity index (χ1) is 7.13. The van der Waals surface area contributed by atoms with Crippen molar-refractivity contribution in [2.75, 3.05) is 13.2 Å². The highest BCUT2D eigenvalue weighted by Gasteiger charge is 2.25. The first-order valence-corrected chi connectivity index (χ1v) is 5.10. The van der Waals surface area contributed by atoms with Gasteiger partial charge in [0.1, 0.15) is 6.61 Å². The Hall–Kier alpha value is -1.10. The van der Waals surface area contributed by atoms with Gasteiger partial charge in [-0.25, -0.2) is 0 Å². The van der Waals surface area contributed by atoms with Crippen LogP contribution in [0.4, 0.5) is 0 Å². The molecule has 5 nitrogen and oxygen atoms in total. The van der Waals surface area contributed by atoms with Gasteiger partial charge < -0.3 is 14.6 Å². The third-order valence-corrected chi connectivity index (χ3v) is 2.31. The summed E-state index contributed by atoms with van der Waals surface area (Å²) in [6.07, 6.45) is 0.549. The van der Waals surface area contributed by atoms with E-state index >= 15 is 0 Å². The number of hydrogen-bond acceptors (Lipinski definition) is 5. The molecule has 0 amide bonds. The molecule has 1 unspecified atom stereocenters. The van der Waals surface area contributed by atoms with Crippen molar-refractivity contribution in [3.8, 4) is 0 Å². The standard InChI is InChI=1S/C10H16O5/c1-7-6-8(2-4-11)10(13)14-5-3-9(12)15-7/h7-8,11H,2-6H2,1H3/t7-,8?/m0/s1. The van der Waals surface area contributed by atoms with Gasteiger partial charge in [0.25, 0.3) is 0 Å². The van der Waals surface area contributed by atoms with E-state index in [1.165, 1.54) is 0 Å². The van der Waals surface area contributed by atoms with E-state index in [2.05, 4.69) is 0 Å². The average Bonchev–Trinajstić information content (AvgIpc) is 2.20. The van der Waals surface area contributed by atoms with Gasteiger partial charge in [-0.2, -0.15) is 0 Å². The fourth-order valence-corrected chi connectivity index (χ4v) is 1.57. The molecule has 1 aliphatic heterocycles. The maximum atomic E-state index is 11.5. The molecule has 0 aliphatic carbocycles. The molecule has 0 radical (unpaired) electrons. The SMILES string of the molecule is C[C@H]1CC(CCO)C(=O)OCCC(=O)O1. The van der Waals surface area contributed by atoms with E-state index in [0.717, 1.165) is 0 Å². The second-order valence-electron chi connectivity index (χ2n) is 3.66. The largest absolute Gasteiger partial charge is 0.465 e. The van der Waals surface area contributed by atoms with Gasteiger partial charge in [-0.05, 0) is 19.8 Å². The van der Waals surface area contributed by atoms with E-state index in [1.807, 2.05) is 0 Å². The van der Waals surface area contributed by atoms with Crippen molar-refractivity contribution >= 4 is 11.9 Å². The molecule has 0 aromatic heterocycles. The first-order valence-electron chi connectivity index (χ1n) is 5.10. The molecule has 1 N–H and O–H groups in total. The van der Waals surface area contributed by atoms with E-state index in [-0.39, 0.29) is 43.6 Å². The van der Waals surface area contributed by atoms with Crippen LogP contribution in [0, 0.1) is 5.92 Å². The molecule has 0 spiro atoms. The van der Waals surface area contributed by atoms with Crippen LogP contribution in [0.5, 0.6) is 0 Å². The molecule has 0 saturated carbocycles. The van der Waals surface area contributed by atoms with Gasteiger partial charge in [-0.15, -0.1) is 0 Å². The van der Waals surface area contributed by atoms with Crippen LogP contribution in [0.2, 0.25) is 0 Å². The van der Waals surface area contributed by atoms with Crippen LogP contribution in [0.25, 0.3) is 0 Å². The number of aliphatic hydroxyl groups excluding tert-OH is 1. The van der Waals surface area contributed by atoms with Crippen LogP contribution in [-0.2, 0) is 19.1 Å². The molecular weight excluding hydrogens is 200 g/mol. The molecule has 0 aromatic rings. The third-order valence-electron chi connectivity index (χ3n) is 2.31. The Bertz CT molecular complexity index is 238. The van der Waals surface area contributed by atoms with Crippen LogP contribution in [0.1, 0.15) is 26.2 Å². The van der Waals surface area contributed by atoms with Crippen molar-refractivity contribution in [3.63, 3.8) is 0 Å². The summed E-state index contributed by atoms with van der Waals surface area (Å²) in [7, 11) is 0. The Balaban J connectivity index is 2.62. The van der Waals surface area contributed by atoms with Crippen LogP contribution in [0.3, 0.4) is 0 Å². The summed E-state index contributed by atoms with van der Waals surface area (Å²) in [4.78, 5) is 22.6. The van der Waals surface area contributed by atoms with Crippen molar-refractivity contribution in [1.82, 2.24) is 0 Å². The van der Waals surface area contributed by atoms with Crippen molar-refractivity contribution in [2.24, 2.45) is 5.92 Å². The number of hydrogen-bond donors (Lipinski definition) is 1. The fraction of sp³-hybridized carbons (Fsp3) is 0.800. The molecule has 1 heterocycles. The zero-order chi connectivity index (χ0) is 11.3. The highest BCUT2D eigenvalue weighted by Crippen LogP contribution is 2.17. The summed E-state index contributed by atoms with van der Waals surface area (Å²) >= 11 is 0. The minimum Gasteiger partial charge on any atom is -0.465 e. The average molecular weight is 216 g/mol. The summed E-state index contributed by atoms with van der Waals surface area (Å²) in [6, 6.07) is 0. The lowest BCUT2D eigenvalue weighted by atomic mass is 9.99.